The van der Waals surface area contributed by atoms with E-state index in [-0.39, 0.29) is 13.0 Å². The maximum Gasteiger partial charge on any atom is 0.404 e. The zero-order chi connectivity index (χ0) is 15.0. The van der Waals surface area contributed by atoms with Crippen molar-refractivity contribution in [3.05, 3.63) is 28.8 Å². The molecule has 1 fully saturated rings. The Morgan fingerprint density at radius 1 is 1.45 bits per heavy atom. The first kappa shape index (κ1) is 15.1. The van der Waals surface area contributed by atoms with Crippen molar-refractivity contribution in [2.24, 2.45) is 5.41 Å². The van der Waals surface area contributed by atoms with Gasteiger partial charge in [0.2, 0.25) is 5.91 Å². The molecule has 7 heteroatoms. The van der Waals surface area contributed by atoms with Gasteiger partial charge in [-0.05, 0) is 43.7 Å². The van der Waals surface area contributed by atoms with Crippen molar-refractivity contribution in [1.82, 2.24) is 5.32 Å². The van der Waals surface area contributed by atoms with Gasteiger partial charge in [0, 0.05) is 17.3 Å². The summed E-state index contributed by atoms with van der Waals surface area (Å²) in [4.78, 5) is 12.1. The Balaban J connectivity index is 2.26. The summed E-state index contributed by atoms with van der Waals surface area (Å²) in [6, 6.07) is 4.61. The van der Waals surface area contributed by atoms with Crippen molar-refractivity contribution >= 4 is 23.2 Å². The van der Waals surface area contributed by atoms with Crippen LogP contribution in [0.5, 0.6) is 0 Å². The molecular weight excluding hydrogens is 293 g/mol. The molecule has 1 aliphatic rings. The largest absolute Gasteiger partial charge is 0.404 e. The molecule has 3 nitrogen and oxygen atoms in total. The highest BCUT2D eigenvalue weighted by Gasteiger charge is 2.61. The fraction of sp³-hybridized carbons (Fsp3) is 0.462. The van der Waals surface area contributed by atoms with Crippen molar-refractivity contribution in [2.45, 2.75) is 19.5 Å². The number of carbonyl (C=O) groups is 1. The molecular formula is C13H14ClF3N2O. The molecule has 20 heavy (non-hydrogen) atoms. The van der Waals surface area contributed by atoms with Crippen molar-refractivity contribution < 1.29 is 18.0 Å². The van der Waals surface area contributed by atoms with Crippen molar-refractivity contribution in [2.75, 3.05) is 18.4 Å². The molecule has 2 rings (SSSR count). The van der Waals surface area contributed by atoms with Gasteiger partial charge in [0.25, 0.3) is 0 Å². The van der Waals surface area contributed by atoms with Crippen LogP contribution in [-0.4, -0.2) is 25.2 Å². The molecule has 1 atom stereocenters. The minimum Gasteiger partial charge on any atom is -0.325 e. The quantitative estimate of drug-likeness (QED) is 0.881. The van der Waals surface area contributed by atoms with E-state index < -0.39 is 24.0 Å². The predicted octanol–water partition coefficient (Wildman–Crippen LogP) is 3.13. The molecule has 0 bridgehead atoms. The first-order valence-electron chi connectivity index (χ1n) is 6.11. The third kappa shape index (κ3) is 2.62. The number of anilines is 1. The number of benzene rings is 1. The van der Waals surface area contributed by atoms with Crippen LogP contribution in [0.25, 0.3) is 0 Å². The van der Waals surface area contributed by atoms with Gasteiger partial charge in [0.1, 0.15) is 0 Å². The molecule has 1 saturated heterocycles. The van der Waals surface area contributed by atoms with Crippen LogP contribution < -0.4 is 10.6 Å². The third-order valence-electron chi connectivity index (χ3n) is 3.57. The number of amides is 1. The normalized spacial score (nSPS) is 22.9. The second-order valence-corrected chi connectivity index (χ2v) is 5.36. The third-order valence-corrected chi connectivity index (χ3v) is 3.80. The molecule has 0 spiro atoms. The topological polar surface area (TPSA) is 41.1 Å². The van der Waals surface area contributed by atoms with Crippen LogP contribution in [0.3, 0.4) is 0 Å². The van der Waals surface area contributed by atoms with Crippen LogP contribution >= 0.6 is 11.6 Å². The Morgan fingerprint density at radius 2 is 2.15 bits per heavy atom. The minimum absolute atomic E-state index is 0.173. The highest BCUT2D eigenvalue weighted by atomic mass is 35.5. The van der Waals surface area contributed by atoms with Gasteiger partial charge in [-0.2, -0.15) is 13.2 Å². The molecule has 1 aromatic carbocycles. The van der Waals surface area contributed by atoms with Gasteiger partial charge < -0.3 is 10.6 Å². The van der Waals surface area contributed by atoms with Crippen LogP contribution in [0, 0.1) is 12.3 Å². The van der Waals surface area contributed by atoms with Crippen LogP contribution in [0.15, 0.2) is 18.2 Å². The summed E-state index contributed by atoms with van der Waals surface area (Å²) in [6.07, 6.45) is -4.84. The van der Waals surface area contributed by atoms with Crippen LogP contribution in [0.2, 0.25) is 5.02 Å². The second-order valence-electron chi connectivity index (χ2n) is 4.92. The standard InChI is InChI=1S/C13H14ClF3N2O/c1-8-6-9(14)2-3-10(8)19-11(20)12(13(15,16)17)4-5-18-7-12/h2-3,6,18H,4-5,7H2,1H3,(H,19,20). The molecule has 1 aliphatic heterocycles. The molecule has 1 unspecified atom stereocenters. The van der Waals surface area contributed by atoms with E-state index >= 15 is 0 Å². The fourth-order valence-corrected chi connectivity index (χ4v) is 2.49. The van der Waals surface area contributed by atoms with E-state index in [1.807, 2.05) is 0 Å². The second kappa shape index (κ2) is 5.26. The van der Waals surface area contributed by atoms with Crippen molar-refractivity contribution in [3.8, 4) is 0 Å². The van der Waals surface area contributed by atoms with Crippen molar-refractivity contribution in [1.29, 1.82) is 0 Å². The first-order valence-corrected chi connectivity index (χ1v) is 6.49. The van der Waals surface area contributed by atoms with E-state index in [1.165, 1.54) is 12.1 Å². The monoisotopic (exact) mass is 306 g/mol. The molecule has 0 radical (unpaired) electrons. The summed E-state index contributed by atoms with van der Waals surface area (Å²) in [5.41, 5.74) is -1.40. The van der Waals surface area contributed by atoms with E-state index in [9.17, 15) is 18.0 Å². The molecule has 1 amide bonds. The molecule has 0 saturated carbocycles. The van der Waals surface area contributed by atoms with Crippen molar-refractivity contribution in [3.63, 3.8) is 0 Å². The number of alkyl halides is 3. The summed E-state index contributed by atoms with van der Waals surface area (Å²) < 4.78 is 39.6. The van der Waals surface area contributed by atoms with Crippen LogP contribution in [0.4, 0.5) is 18.9 Å². The van der Waals surface area contributed by atoms with E-state index in [2.05, 4.69) is 10.6 Å². The lowest BCUT2D eigenvalue weighted by Crippen LogP contribution is -2.49. The summed E-state index contributed by atoms with van der Waals surface area (Å²) in [5, 5.41) is 5.44. The Hall–Kier alpha value is -1.27. The number of rotatable bonds is 2. The van der Waals surface area contributed by atoms with E-state index in [1.54, 1.807) is 13.0 Å². The lowest BCUT2D eigenvalue weighted by atomic mass is 9.85. The number of halogens is 4. The van der Waals surface area contributed by atoms with Gasteiger partial charge in [-0.1, -0.05) is 11.6 Å². The SMILES string of the molecule is Cc1cc(Cl)ccc1NC(=O)C1(C(F)(F)F)CCNC1. The molecule has 2 N–H and O–H groups in total. The molecule has 110 valence electrons. The fourth-order valence-electron chi connectivity index (χ4n) is 2.27. The lowest BCUT2D eigenvalue weighted by molar-refractivity contribution is -0.213. The number of carbonyl (C=O) groups excluding carboxylic acids is 1. The first-order chi connectivity index (χ1) is 9.26. The minimum atomic E-state index is -4.58. The molecule has 0 aromatic heterocycles. The van der Waals surface area contributed by atoms with Gasteiger partial charge in [-0.25, -0.2) is 0 Å². The maximum atomic E-state index is 13.2. The predicted molar refractivity (Wildman–Crippen MR) is 70.8 cm³/mol. The van der Waals surface area contributed by atoms with E-state index in [0.717, 1.165) is 0 Å². The van der Waals surface area contributed by atoms with Gasteiger partial charge in [0.05, 0.1) is 0 Å². The zero-order valence-electron chi connectivity index (χ0n) is 10.8. The maximum absolute atomic E-state index is 13.2. The van der Waals surface area contributed by atoms with Gasteiger partial charge in [0.15, 0.2) is 5.41 Å². The highest BCUT2D eigenvalue weighted by Crippen LogP contribution is 2.44. The Labute approximate surface area is 119 Å². The number of hydrogen-bond acceptors (Lipinski definition) is 2. The summed E-state index contributed by atoms with van der Waals surface area (Å²) >= 11 is 5.78. The Bertz CT molecular complexity index is 525. The molecule has 0 aliphatic carbocycles. The summed E-state index contributed by atoms with van der Waals surface area (Å²) in [6.45, 7) is 1.45. The average Bonchev–Trinajstić information content (AvgIpc) is 2.82. The number of aryl methyl sites for hydroxylation is 1. The highest BCUT2D eigenvalue weighted by molar-refractivity contribution is 6.30. The van der Waals surface area contributed by atoms with Crippen LogP contribution in [0.1, 0.15) is 12.0 Å². The number of hydrogen-bond donors (Lipinski definition) is 2. The zero-order valence-corrected chi connectivity index (χ0v) is 11.5. The average molecular weight is 307 g/mol. The Kier molecular flexibility index (Phi) is 3.97. The number of nitrogens with one attached hydrogen (secondary N) is 2. The molecule has 1 aromatic rings. The van der Waals surface area contributed by atoms with Gasteiger partial charge in [-0.3, -0.25) is 4.79 Å². The van der Waals surface area contributed by atoms with E-state index in [4.69, 9.17) is 11.6 Å². The summed E-state index contributed by atoms with van der Waals surface area (Å²) in [7, 11) is 0. The lowest BCUT2D eigenvalue weighted by Gasteiger charge is -2.29. The van der Waals surface area contributed by atoms with Crippen LogP contribution in [-0.2, 0) is 4.79 Å². The smallest absolute Gasteiger partial charge is 0.325 e. The van der Waals surface area contributed by atoms with Gasteiger partial charge in [-0.15, -0.1) is 0 Å². The Morgan fingerprint density at radius 3 is 2.65 bits per heavy atom. The summed E-state index contributed by atoms with van der Waals surface area (Å²) in [5.74, 6) is -1.03. The molecule has 1 heterocycles. The van der Waals surface area contributed by atoms with Gasteiger partial charge >= 0.3 is 6.18 Å². The van der Waals surface area contributed by atoms with E-state index in [0.29, 0.717) is 16.3 Å².